The van der Waals surface area contributed by atoms with Gasteiger partial charge >= 0.3 is 0 Å². The summed E-state index contributed by atoms with van der Waals surface area (Å²) >= 11 is 1.64. The Morgan fingerprint density at radius 2 is 1.65 bits per heavy atom. The Labute approximate surface area is 151 Å². The molecule has 4 rings (SSSR count). The number of benzene rings is 1. The van der Waals surface area contributed by atoms with Gasteiger partial charge in [-0.2, -0.15) is 0 Å². The summed E-state index contributed by atoms with van der Waals surface area (Å²) in [5.74, 6) is 0.664. The van der Waals surface area contributed by atoms with Crippen molar-refractivity contribution in [2.75, 3.05) is 0 Å². The molecule has 0 spiro atoms. The molecule has 1 aliphatic rings. The molecule has 0 aliphatic carbocycles. The SMILES string of the molecule is C(=C1/[N-]c2ccccc2S1)/c1ncc(-c2ccncc2)cn1.[Ir]. The predicted octanol–water partition coefficient (Wildman–Crippen LogP) is 4.65. The number of aromatic nitrogens is 3. The van der Waals surface area contributed by atoms with Crippen molar-refractivity contribution in [3.8, 4) is 11.1 Å². The van der Waals surface area contributed by atoms with Crippen LogP contribution < -0.4 is 0 Å². The van der Waals surface area contributed by atoms with Crippen molar-refractivity contribution < 1.29 is 20.1 Å². The fourth-order valence-electron chi connectivity index (χ4n) is 2.17. The Hall–Kier alpha value is -2.01. The third-order valence-electron chi connectivity index (χ3n) is 3.25. The van der Waals surface area contributed by atoms with E-state index in [4.69, 9.17) is 0 Å². The Kier molecular flexibility index (Phi) is 4.86. The number of thioether (sulfide) groups is 1. The van der Waals surface area contributed by atoms with Crippen molar-refractivity contribution >= 4 is 23.5 Å². The van der Waals surface area contributed by atoms with Gasteiger partial charge in [0, 0.05) is 50.5 Å². The van der Waals surface area contributed by atoms with E-state index in [0.29, 0.717) is 5.82 Å². The topological polar surface area (TPSA) is 52.8 Å². The van der Waals surface area contributed by atoms with Crippen LogP contribution in [0.2, 0.25) is 0 Å². The maximum Gasteiger partial charge on any atom is 0.151 e. The zero-order chi connectivity index (χ0) is 14.8. The summed E-state index contributed by atoms with van der Waals surface area (Å²) in [7, 11) is 0. The fourth-order valence-corrected chi connectivity index (χ4v) is 3.07. The zero-order valence-electron chi connectivity index (χ0n) is 11.9. The summed E-state index contributed by atoms with van der Waals surface area (Å²) in [6.07, 6.45) is 9.07. The molecule has 0 amide bonds. The van der Waals surface area contributed by atoms with E-state index in [1.165, 1.54) is 4.90 Å². The smallest absolute Gasteiger partial charge is 0.151 e. The van der Waals surface area contributed by atoms with Crippen LogP contribution in [0.25, 0.3) is 22.5 Å². The van der Waals surface area contributed by atoms with Crippen LogP contribution in [0, 0.1) is 0 Å². The van der Waals surface area contributed by atoms with Crippen LogP contribution in [0.15, 0.2) is 71.1 Å². The summed E-state index contributed by atoms with van der Waals surface area (Å²) < 4.78 is 0. The minimum absolute atomic E-state index is 0. The molecule has 0 N–H and O–H groups in total. The number of para-hydroxylation sites is 1. The maximum atomic E-state index is 4.56. The van der Waals surface area contributed by atoms with Crippen molar-refractivity contribution in [1.29, 1.82) is 0 Å². The molecule has 1 radical (unpaired) electrons. The molecule has 23 heavy (non-hydrogen) atoms. The van der Waals surface area contributed by atoms with E-state index in [-0.39, 0.29) is 20.1 Å². The molecule has 115 valence electrons. The fraction of sp³-hybridized carbons (Fsp3) is 0. The normalized spacial score (nSPS) is 14.0. The summed E-state index contributed by atoms with van der Waals surface area (Å²) in [4.78, 5) is 14.0. The van der Waals surface area contributed by atoms with E-state index in [9.17, 15) is 0 Å². The van der Waals surface area contributed by atoms with Gasteiger partial charge in [-0.05, 0) is 34.7 Å². The largest absolute Gasteiger partial charge is 0.651 e. The van der Waals surface area contributed by atoms with Crippen LogP contribution in [-0.2, 0) is 20.1 Å². The van der Waals surface area contributed by atoms with Gasteiger partial charge in [-0.15, -0.1) is 17.4 Å². The van der Waals surface area contributed by atoms with Gasteiger partial charge in [0.1, 0.15) is 0 Å². The number of nitrogens with zero attached hydrogens (tertiary/aromatic N) is 4. The third-order valence-corrected chi connectivity index (χ3v) is 4.23. The van der Waals surface area contributed by atoms with Crippen molar-refractivity contribution in [2.24, 2.45) is 0 Å². The predicted molar refractivity (Wildman–Crippen MR) is 88.6 cm³/mol. The minimum Gasteiger partial charge on any atom is -0.651 e. The van der Waals surface area contributed by atoms with E-state index in [2.05, 4.69) is 26.3 Å². The van der Waals surface area contributed by atoms with Crippen molar-refractivity contribution in [3.63, 3.8) is 0 Å². The quantitative estimate of drug-likeness (QED) is 0.520. The first-order valence-electron chi connectivity index (χ1n) is 6.81. The van der Waals surface area contributed by atoms with Crippen LogP contribution in [-0.4, -0.2) is 15.0 Å². The second-order valence-corrected chi connectivity index (χ2v) is 5.79. The molecular formula is C17H11IrN4S-. The molecule has 4 nitrogen and oxygen atoms in total. The second-order valence-electron chi connectivity index (χ2n) is 4.73. The Morgan fingerprint density at radius 3 is 2.39 bits per heavy atom. The van der Waals surface area contributed by atoms with Crippen LogP contribution in [0.3, 0.4) is 0 Å². The molecule has 0 fully saturated rings. The molecule has 0 saturated heterocycles. The van der Waals surface area contributed by atoms with E-state index >= 15 is 0 Å². The van der Waals surface area contributed by atoms with E-state index in [1.54, 1.807) is 24.2 Å². The molecule has 1 aliphatic heterocycles. The van der Waals surface area contributed by atoms with Crippen LogP contribution in [0.4, 0.5) is 5.69 Å². The monoisotopic (exact) mass is 496 g/mol. The van der Waals surface area contributed by atoms with E-state index in [1.807, 2.05) is 48.8 Å². The molecule has 2 aromatic heterocycles. The standard InChI is InChI=1S/C17H11N4S.Ir/c1-2-4-15-14(3-1)21-17(22-15)9-16-19-10-13(11-20-16)12-5-7-18-8-6-12;/h1-11H;/q-1;/b17-9+;. The first-order chi connectivity index (χ1) is 10.9. The van der Waals surface area contributed by atoms with Gasteiger partial charge in [-0.1, -0.05) is 23.2 Å². The number of hydrogen-bond donors (Lipinski definition) is 0. The molecular weight excluding hydrogens is 484 g/mol. The van der Waals surface area contributed by atoms with Crippen molar-refractivity contribution in [2.45, 2.75) is 4.90 Å². The Balaban J connectivity index is 0.00000156. The first-order valence-corrected chi connectivity index (χ1v) is 7.63. The molecule has 0 unspecified atom stereocenters. The summed E-state index contributed by atoms with van der Waals surface area (Å²) in [6.45, 7) is 0. The second kappa shape index (κ2) is 7.04. The van der Waals surface area contributed by atoms with Crippen LogP contribution in [0.5, 0.6) is 0 Å². The van der Waals surface area contributed by atoms with Gasteiger partial charge in [-0.25, -0.2) is 9.97 Å². The molecule has 0 bridgehead atoms. The molecule has 3 aromatic rings. The molecule has 1 aromatic carbocycles. The number of rotatable bonds is 2. The van der Waals surface area contributed by atoms with Gasteiger partial charge < -0.3 is 5.32 Å². The third kappa shape index (κ3) is 3.50. The average Bonchev–Trinajstić information content (AvgIpc) is 2.98. The summed E-state index contributed by atoms with van der Waals surface area (Å²) in [5.41, 5.74) is 3.04. The maximum absolute atomic E-state index is 4.56. The number of fused-ring (bicyclic) bond motifs is 1. The van der Waals surface area contributed by atoms with Crippen molar-refractivity contribution in [1.82, 2.24) is 15.0 Å². The van der Waals surface area contributed by atoms with Crippen LogP contribution >= 0.6 is 11.8 Å². The summed E-state index contributed by atoms with van der Waals surface area (Å²) in [6, 6.07) is 12.0. The van der Waals surface area contributed by atoms with Gasteiger partial charge in [0.05, 0.1) is 0 Å². The molecule has 0 atom stereocenters. The molecule has 6 heteroatoms. The average molecular weight is 496 g/mol. The van der Waals surface area contributed by atoms with Crippen molar-refractivity contribution in [3.05, 3.63) is 77.4 Å². The first kappa shape index (κ1) is 15.9. The zero-order valence-corrected chi connectivity index (χ0v) is 15.1. The van der Waals surface area contributed by atoms with Gasteiger partial charge in [0.2, 0.25) is 0 Å². The van der Waals surface area contributed by atoms with E-state index in [0.717, 1.165) is 21.8 Å². The van der Waals surface area contributed by atoms with Gasteiger partial charge in [-0.3, -0.25) is 4.98 Å². The summed E-state index contributed by atoms with van der Waals surface area (Å²) in [5, 5.41) is 5.48. The molecule has 0 saturated carbocycles. The molecule has 3 heterocycles. The Morgan fingerprint density at radius 1 is 0.913 bits per heavy atom. The Bertz CT molecular complexity index is 808. The van der Waals surface area contributed by atoms with Gasteiger partial charge in [0.15, 0.2) is 5.82 Å². The van der Waals surface area contributed by atoms with Gasteiger partial charge in [0.25, 0.3) is 0 Å². The van der Waals surface area contributed by atoms with E-state index < -0.39 is 0 Å². The van der Waals surface area contributed by atoms with Crippen LogP contribution in [0.1, 0.15) is 5.82 Å². The number of pyridine rings is 1. The number of hydrogen-bond acceptors (Lipinski definition) is 4. The minimum atomic E-state index is 0.